The minimum atomic E-state index is -2.63. The van der Waals surface area contributed by atoms with E-state index >= 15 is 0 Å². The molecule has 2 rings (SSSR count). The minimum Gasteiger partial charge on any atom is -0.326 e. The summed E-state index contributed by atoms with van der Waals surface area (Å²) >= 11 is 0. The maximum Gasteiger partial charge on any atom is 0.296 e. The number of nitrogens with one attached hydrogen (secondary N) is 1. The molecule has 0 aliphatic carbocycles. The zero-order valence-corrected chi connectivity index (χ0v) is 8.32. The molecule has 0 atom stereocenters. The number of alkyl halides is 2. The number of nitrogens with zero attached hydrogens (tertiary/aromatic N) is 2. The molecule has 0 bridgehead atoms. The number of aromatic nitrogens is 3. The van der Waals surface area contributed by atoms with E-state index in [9.17, 15) is 8.78 Å². The topological polar surface area (TPSA) is 67.6 Å². The second-order valence-corrected chi connectivity index (χ2v) is 3.25. The predicted octanol–water partition coefficient (Wildman–Crippen LogP) is 1.87. The number of halogens is 2. The van der Waals surface area contributed by atoms with E-state index in [1.807, 2.05) is 12.1 Å². The first kappa shape index (κ1) is 10.7. The monoisotopic (exact) mass is 224 g/mol. The molecule has 3 N–H and O–H groups in total. The molecule has 0 spiro atoms. The summed E-state index contributed by atoms with van der Waals surface area (Å²) in [5.41, 5.74) is 7.09. The summed E-state index contributed by atoms with van der Waals surface area (Å²) < 4.78 is 24.5. The van der Waals surface area contributed by atoms with Gasteiger partial charge in [0.1, 0.15) is 0 Å². The fraction of sp³-hybridized carbons (Fsp3) is 0.200. The maximum absolute atomic E-state index is 12.3. The van der Waals surface area contributed by atoms with Gasteiger partial charge in [0.05, 0.1) is 0 Å². The van der Waals surface area contributed by atoms with Gasteiger partial charge in [-0.05, 0) is 5.56 Å². The predicted molar refractivity (Wildman–Crippen MR) is 54.7 cm³/mol. The lowest BCUT2D eigenvalue weighted by Crippen LogP contribution is -1.95. The number of benzene rings is 1. The van der Waals surface area contributed by atoms with Crippen LogP contribution in [-0.4, -0.2) is 15.2 Å². The summed E-state index contributed by atoms with van der Waals surface area (Å²) in [6, 6.07) is 7.13. The van der Waals surface area contributed by atoms with Crippen molar-refractivity contribution < 1.29 is 8.78 Å². The standard InChI is InChI=1S/C10H10F2N4/c11-8(12)10-14-9(15-16-10)7-3-1-6(5-13)2-4-7/h1-4,8H,5,13H2,(H,14,15,16). The maximum atomic E-state index is 12.3. The Kier molecular flexibility index (Phi) is 2.91. The van der Waals surface area contributed by atoms with Gasteiger partial charge in [-0.3, -0.25) is 5.10 Å². The Bertz CT molecular complexity index is 464. The quantitative estimate of drug-likeness (QED) is 0.836. The van der Waals surface area contributed by atoms with E-state index in [4.69, 9.17) is 5.73 Å². The normalized spacial score (nSPS) is 11.0. The molecule has 4 nitrogen and oxygen atoms in total. The second-order valence-electron chi connectivity index (χ2n) is 3.25. The summed E-state index contributed by atoms with van der Waals surface area (Å²) in [6.45, 7) is 0.441. The molecule has 0 aliphatic rings. The third-order valence-corrected chi connectivity index (χ3v) is 2.16. The SMILES string of the molecule is NCc1ccc(-c2n[nH]c(C(F)F)n2)cc1. The molecule has 16 heavy (non-hydrogen) atoms. The average molecular weight is 224 g/mol. The molecule has 0 saturated heterocycles. The van der Waals surface area contributed by atoms with Crippen molar-refractivity contribution in [2.75, 3.05) is 0 Å². The van der Waals surface area contributed by atoms with Crippen LogP contribution < -0.4 is 5.73 Å². The molecule has 0 saturated carbocycles. The van der Waals surface area contributed by atoms with Crippen molar-refractivity contribution in [2.24, 2.45) is 5.73 Å². The van der Waals surface area contributed by atoms with E-state index in [0.717, 1.165) is 5.56 Å². The van der Waals surface area contributed by atoms with Gasteiger partial charge < -0.3 is 5.73 Å². The van der Waals surface area contributed by atoms with Gasteiger partial charge in [-0.15, -0.1) is 0 Å². The Morgan fingerprint density at radius 1 is 1.25 bits per heavy atom. The van der Waals surface area contributed by atoms with E-state index in [-0.39, 0.29) is 5.82 Å². The molecule has 1 heterocycles. The number of rotatable bonds is 3. The van der Waals surface area contributed by atoms with Crippen molar-refractivity contribution in [3.05, 3.63) is 35.7 Å². The highest BCUT2D eigenvalue weighted by Crippen LogP contribution is 2.19. The average Bonchev–Trinajstić information content (AvgIpc) is 2.78. The zero-order valence-electron chi connectivity index (χ0n) is 8.32. The summed E-state index contributed by atoms with van der Waals surface area (Å²) in [5, 5.41) is 5.91. The van der Waals surface area contributed by atoms with Crippen molar-refractivity contribution in [1.82, 2.24) is 15.2 Å². The fourth-order valence-corrected chi connectivity index (χ4v) is 1.29. The third kappa shape index (κ3) is 2.06. The molecule has 6 heteroatoms. The van der Waals surface area contributed by atoms with Crippen LogP contribution in [0.15, 0.2) is 24.3 Å². The Morgan fingerprint density at radius 3 is 2.44 bits per heavy atom. The number of hydrogen-bond donors (Lipinski definition) is 2. The first-order valence-electron chi connectivity index (χ1n) is 4.70. The molecule has 2 aromatic rings. The van der Waals surface area contributed by atoms with E-state index in [2.05, 4.69) is 15.2 Å². The van der Waals surface area contributed by atoms with Crippen molar-refractivity contribution in [1.29, 1.82) is 0 Å². The van der Waals surface area contributed by atoms with Crippen molar-refractivity contribution in [3.63, 3.8) is 0 Å². The highest BCUT2D eigenvalue weighted by Gasteiger charge is 2.13. The first-order chi connectivity index (χ1) is 7.70. The Labute approximate surface area is 90.5 Å². The number of nitrogens with two attached hydrogens (primary N) is 1. The van der Waals surface area contributed by atoms with E-state index in [1.165, 1.54) is 0 Å². The van der Waals surface area contributed by atoms with E-state index in [0.29, 0.717) is 12.1 Å². The van der Waals surface area contributed by atoms with Gasteiger partial charge in [-0.25, -0.2) is 13.8 Å². The van der Waals surface area contributed by atoms with Crippen LogP contribution in [0.2, 0.25) is 0 Å². The van der Waals surface area contributed by atoms with Crippen LogP contribution in [-0.2, 0) is 6.54 Å². The van der Waals surface area contributed by atoms with E-state index in [1.54, 1.807) is 12.1 Å². The summed E-state index contributed by atoms with van der Waals surface area (Å²) in [5.74, 6) is -0.156. The van der Waals surface area contributed by atoms with Crippen LogP contribution in [0.3, 0.4) is 0 Å². The summed E-state index contributed by atoms with van der Waals surface area (Å²) in [6.07, 6.45) is -2.63. The zero-order chi connectivity index (χ0) is 11.5. The summed E-state index contributed by atoms with van der Waals surface area (Å²) in [7, 11) is 0. The second kappa shape index (κ2) is 4.36. The number of aromatic amines is 1. The molecule has 0 radical (unpaired) electrons. The molecule has 0 unspecified atom stereocenters. The lowest BCUT2D eigenvalue weighted by Gasteiger charge is -1.97. The van der Waals surface area contributed by atoms with Gasteiger partial charge in [-0.2, -0.15) is 5.10 Å². The molecular formula is C10H10F2N4. The van der Waals surface area contributed by atoms with Crippen LogP contribution >= 0.6 is 0 Å². The van der Waals surface area contributed by atoms with Crippen LogP contribution in [0, 0.1) is 0 Å². The molecule has 0 fully saturated rings. The smallest absolute Gasteiger partial charge is 0.296 e. The minimum absolute atomic E-state index is 0.263. The molecule has 0 aliphatic heterocycles. The molecule has 1 aromatic heterocycles. The Morgan fingerprint density at radius 2 is 1.94 bits per heavy atom. The molecular weight excluding hydrogens is 214 g/mol. The van der Waals surface area contributed by atoms with Crippen molar-refractivity contribution in [3.8, 4) is 11.4 Å². The molecule has 0 amide bonds. The largest absolute Gasteiger partial charge is 0.326 e. The molecule has 84 valence electrons. The molecule has 1 aromatic carbocycles. The van der Waals surface area contributed by atoms with Crippen LogP contribution in [0.4, 0.5) is 8.78 Å². The van der Waals surface area contributed by atoms with Crippen LogP contribution in [0.25, 0.3) is 11.4 Å². The third-order valence-electron chi connectivity index (χ3n) is 2.16. The first-order valence-corrected chi connectivity index (χ1v) is 4.70. The highest BCUT2D eigenvalue weighted by molar-refractivity contribution is 5.54. The van der Waals surface area contributed by atoms with Crippen LogP contribution in [0.5, 0.6) is 0 Å². The van der Waals surface area contributed by atoms with Crippen molar-refractivity contribution >= 4 is 0 Å². The van der Waals surface area contributed by atoms with Gasteiger partial charge in [0, 0.05) is 12.1 Å². The van der Waals surface area contributed by atoms with Gasteiger partial charge in [0.15, 0.2) is 11.6 Å². The lowest BCUT2D eigenvalue weighted by molar-refractivity contribution is 0.141. The lowest BCUT2D eigenvalue weighted by atomic mass is 10.1. The van der Waals surface area contributed by atoms with Gasteiger partial charge in [0.2, 0.25) is 0 Å². The number of hydrogen-bond acceptors (Lipinski definition) is 3. The number of H-pyrrole nitrogens is 1. The van der Waals surface area contributed by atoms with Crippen molar-refractivity contribution in [2.45, 2.75) is 13.0 Å². The summed E-state index contributed by atoms with van der Waals surface area (Å²) in [4.78, 5) is 3.69. The fourth-order valence-electron chi connectivity index (χ4n) is 1.29. The van der Waals surface area contributed by atoms with Gasteiger partial charge >= 0.3 is 0 Å². The van der Waals surface area contributed by atoms with Gasteiger partial charge in [0.25, 0.3) is 6.43 Å². The van der Waals surface area contributed by atoms with Gasteiger partial charge in [-0.1, -0.05) is 24.3 Å². The highest BCUT2D eigenvalue weighted by atomic mass is 19.3. The Hall–Kier alpha value is -1.82. The van der Waals surface area contributed by atoms with Crippen LogP contribution in [0.1, 0.15) is 17.8 Å². The Balaban J connectivity index is 2.28. The van der Waals surface area contributed by atoms with E-state index < -0.39 is 12.2 Å².